The molecule has 0 bridgehead atoms. The lowest BCUT2D eigenvalue weighted by atomic mass is 10.0. The maximum absolute atomic E-state index is 3.50. The van der Waals surface area contributed by atoms with Gasteiger partial charge in [0.1, 0.15) is 0 Å². The van der Waals surface area contributed by atoms with Gasteiger partial charge in [-0.05, 0) is 26.7 Å². The van der Waals surface area contributed by atoms with Crippen molar-refractivity contribution in [1.29, 1.82) is 0 Å². The smallest absolute Gasteiger partial charge is 0.0198 e. The molecule has 13 heavy (non-hydrogen) atoms. The van der Waals surface area contributed by atoms with E-state index in [-0.39, 0.29) is 0 Å². The Bertz CT molecular complexity index is 153. The van der Waals surface area contributed by atoms with Crippen molar-refractivity contribution in [2.24, 2.45) is 0 Å². The summed E-state index contributed by atoms with van der Waals surface area (Å²) >= 11 is 0. The van der Waals surface area contributed by atoms with Crippen molar-refractivity contribution >= 4 is 0 Å². The zero-order valence-corrected chi connectivity index (χ0v) is 8.92. The minimum Gasteiger partial charge on any atom is -0.314 e. The zero-order valence-electron chi connectivity index (χ0n) is 8.92. The molecule has 2 fully saturated rings. The molecule has 0 radical (unpaired) electrons. The van der Waals surface area contributed by atoms with Gasteiger partial charge in [-0.25, -0.2) is 0 Å². The van der Waals surface area contributed by atoms with Gasteiger partial charge in [-0.1, -0.05) is 12.8 Å². The second kappa shape index (κ2) is 3.97. The summed E-state index contributed by atoms with van der Waals surface area (Å²) in [6.45, 7) is 7.09. The molecule has 2 aliphatic rings. The highest BCUT2D eigenvalue weighted by molar-refractivity contribution is 4.89. The summed E-state index contributed by atoms with van der Waals surface area (Å²) in [5.74, 6) is 0. The predicted octanol–water partition coefficient (Wildman–Crippen LogP) is 1.61. The van der Waals surface area contributed by atoms with E-state index in [4.69, 9.17) is 0 Å². The lowest BCUT2D eigenvalue weighted by molar-refractivity contribution is 0.0692. The SMILES string of the molecule is CC1CNCC(C)N1C1CCCC1. The third-order valence-electron chi connectivity index (χ3n) is 3.64. The maximum Gasteiger partial charge on any atom is 0.0198 e. The van der Waals surface area contributed by atoms with E-state index in [0.717, 1.165) is 18.1 Å². The zero-order chi connectivity index (χ0) is 9.26. The second-order valence-corrected chi connectivity index (χ2v) is 4.74. The highest BCUT2D eigenvalue weighted by Gasteiger charge is 2.32. The minimum atomic E-state index is 0.742. The lowest BCUT2D eigenvalue weighted by Gasteiger charge is -2.43. The number of nitrogens with zero attached hydrogens (tertiary/aromatic N) is 1. The van der Waals surface area contributed by atoms with Gasteiger partial charge >= 0.3 is 0 Å². The van der Waals surface area contributed by atoms with Crippen LogP contribution in [-0.4, -0.2) is 36.1 Å². The molecule has 0 aromatic rings. The van der Waals surface area contributed by atoms with Crippen molar-refractivity contribution < 1.29 is 0 Å². The quantitative estimate of drug-likeness (QED) is 0.663. The number of rotatable bonds is 1. The van der Waals surface area contributed by atoms with Crippen LogP contribution in [0.4, 0.5) is 0 Å². The van der Waals surface area contributed by atoms with Crippen molar-refractivity contribution in [3.63, 3.8) is 0 Å². The van der Waals surface area contributed by atoms with Crippen LogP contribution >= 0.6 is 0 Å². The molecule has 2 unspecified atom stereocenters. The third-order valence-corrected chi connectivity index (χ3v) is 3.64. The van der Waals surface area contributed by atoms with Crippen LogP contribution in [0.25, 0.3) is 0 Å². The molecule has 2 rings (SSSR count). The van der Waals surface area contributed by atoms with Crippen LogP contribution in [0.15, 0.2) is 0 Å². The third kappa shape index (κ3) is 1.89. The van der Waals surface area contributed by atoms with Gasteiger partial charge in [-0.2, -0.15) is 0 Å². The van der Waals surface area contributed by atoms with E-state index in [1.54, 1.807) is 0 Å². The van der Waals surface area contributed by atoms with Crippen LogP contribution in [0, 0.1) is 0 Å². The van der Waals surface area contributed by atoms with Crippen LogP contribution in [-0.2, 0) is 0 Å². The van der Waals surface area contributed by atoms with Gasteiger partial charge in [0.2, 0.25) is 0 Å². The highest BCUT2D eigenvalue weighted by Crippen LogP contribution is 2.27. The Morgan fingerprint density at radius 1 is 1.00 bits per heavy atom. The summed E-state index contributed by atoms with van der Waals surface area (Å²) in [6, 6.07) is 2.38. The number of hydrogen-bond acceptors (Lipinski definition) is 2. The fourth-order valence-corrected chi connectivity index (χ4v) is 3.07. The van der Waals surface area contributed by atoms with E-state index in [1.807, 2.05) is 0 Å². The molecule has 0 spiro atoms. The molecule has 0 amide bonds. The molecule has 1 aliphatic heterocycles. The number of piperazine rings is 1. The molecule has 76 valence electrons. The van der Waals surface area contributed by atoms with Crippen LogP contribution in [0.3, 0.4) is 0 Å². The molecule has 2 atom stereocenters. The molecule has 1 N–H and O–H groups in total. The van der Waals surface area contributed by atoms with Crippen LogP contribution in [0.5, 0.6) is 0 Å². The molecule has 0 aromatic heterocycles. The summed E-state index contributed by atoms with van der Waals surface area (Å²) in [6.07, 6.45) is 5.78. The van der Waals surface area contributed by atoms with Gasteiger partial charge in [0.25, 0.3) is 0 Å². The lowest BCUT2D eigenvalue weighted by Crippen LogP contribution is -2.58. The van der Waals surface area contributed by atoms with Gasteiger partial charge in [0.15, 0.2) is 0 Å². The molecule has 1 saturated carbocycles. The average Bonchev–Trinajstić information content (AvgIpc) is 2.57. The molecule has 1 saturated heterocycles. The van der Waals surface area contributed by atoms with Gasteiger partial charge < -0.3 is 5.32 Å². The number of hydrogen-bond donors (Lipinski definition) is 1. The molecule has 2 nitrogen and oxygen atoms in total. The van der Waals surface area contributed by atoms with Gasteiger partial charge in [-0.3, -0.25) is 4.90 Å². The Morgan fingerprint density at radius 3 is 2.08 bits per heavy atom. The summed E-state index contributed by atoms with van der Waals surface area (Å²) < 4.78 is 0. The molecule has 0 aromatic carbocycles. The van der Waals surface area contributed by atoms with Gasteiger partial charge in [-0.15, -0.1) is 0 Å². The topological polar surface area (TPSA) is 15.3 Å². The summed E-state index contributed by atoms with van der Waals surface area (Å²) in [7, 11) is 0. The number of nitrogens with one attached hydrogen (secondary N) is 1. The fourth-order valence-electron chi connectivity index (χ4n) is 3.07. The highest BCUT2D eigenvalue weighted by atomic mass is 15.3. The Morgan fingerprint density at radius 2 is 1.54 bits per heavy atom. The molecular formula is C11H22N2. The standard InChI is InChI=1S/C11H22N2/c1-9-7-12-8-10(2)13(9)11-5-3-4-6-11/h9-12H,3-8H2,1-2H3. The van der Waals surface area contributed by atoms with Crippen molar-refractivity contribution in [2.75, 3.05) is 13.1 Å². The molecule has 1 aliphatic carbocycles. The fraction of sp³-hybridized carbons (Fsp3) is 1.00. The first-order valence-corrected chi connectivity index (χ1v) is 5.77. The first-order valence-electron chi connectivity index (χ1n) is 5.77. The van der Waals surface area contributed by atoms with Crippen molar-refractivity contribution in [3.05, 3.63) is 0 Å². The van der Waals surface area contributed by atoms with Crippen LogP contribution in [0.1, 0.15) is 39.5 Å². The Hall–Kier alpha value is -0.0800. The molecular weight excluding hydrogens is 160 g/mol. The average molecular weight is 182 g/mol. The molecule has 1 heterocycles. The van der Waals surface area contributed by atoms with Crippen molar-refractivity contribution in [3.8, 4) is 0 Å². The van der Waals surface area contributed by atoms with Crippen molar-refractivity contribution in [1.82, 2.24) is 10.2 Å². The maximum atomic E-state index is 3.50. The summed E-state index contributed by atoms with van der Waals surface area (Å²) in [4.78, 5) is 2.75. The van der Waals surface area contributed by atoms with E-state index < -0.39 is 0 Å². The van der Waals surface area contributed by atoms with E-state index in [0.29, 0.717) is 0 Å². The largest absolute Gasteiger partial charge is 0.314 e. The summed E-state index contributed by atoms with van der Waals surface area (Å²) in [5, 5.41) is 3.50. The normalized spacial score (nSPS) is 38.3. The van der Waals surface area contributed by atoms with Crippen molar-refractivity contribution in [2.45, 2.75) is 57.7 Å². The monoisotopic (exact) mass is 182 g/mol. The Labute approximate surface area is 81.7 Å². The van der Waals surface area contributed by atoms with E-state index in [1.165, 1.54) is 38.8 Å². The summed E-state index contributed by atoms with van der Waals surface area (Å²) in [5.41, 5.74) is 0. The first-order chi connectivity index (χ1) is 6.29. The Kier molecular flexibility index (Phi) is 2.89. The van der Waals surface area contributed by atoms with Gasteiger partial charge in [0.05, 0.1) is 0 Å². The van der Waals surface area contributed by atoms with E-state index in [2.05, 4.69) is 24.1 Å². The van der Waals surface area contributed by atoms with E-state index in [9.17, 15) is 0 Å². The van der Waals surface area contributed by atoms with E-state index >= 15 is 0 Å². The van der Waals surface area contributed by atoms with Gasteiger partial charge in [0, 0.05) is 31.2 Å². The minimum absolute atomic E-state index is 0.742. The second-order valence-electron chi connectivity index (χ2n) is 4.74. The van der Waals surface area contributed by atoms with Crippen LogP contribution < -0.4 is 5.32 Å². The first kappa shape index (κ1) is 9.47. The predicted molar refractivity (Wildman–Crippen MR) is 55.9 cm³/mol. The molecule has 2 heteroatoms. The Balaban J connectivity index is 2.00. The van der Waals surface area contributed by atoms with Crippen LogP contribution in [0.2, 0.25) is 0 Å².